The highest BCUT2D eigenvalue weighted by Crippen LogP contribution is 2.33. The molecule has 0 bridgehead atoms. The molecule has 1 fully saturated rings. The van der Waals surface area contributed by atoms with Crippen LogP contribution in [0.4, 0.5) is 19.6 Å². The Hall–Kier alpha value is -2.02. The summed E-state index contributed by atoms with van der Waals surface area (Å²) in [5.41, 5.74) is 1.21. The van der Waals surface area contributed by atoms with E-state index in [1.54, 1.807) is 11.1 Å². The molecule has 2 aliphatic heterocycles. The lowest BCUT2D eigenvalue weighted by molar-refractivity contribution is -0.119. The van der Waals surface area contributed by atoms with E-state index < -0.39 is 11.6 Å². The van der Waals surface area contributed by atoms with Gasteiger partial charge < -0.3 is 9.80 Å². The second-order valence-corrected chi connectivity index (χ2v) is 7.03. The molecule has 126 valence electrons. The van der Waals surface area contributed by atoms with Gasteiger partial charge in [-0.25, -0.2) is 13.8 Å². The second kappa shape index (κ2) is 6.12. The van der Waals surface area contributed by atoms with Crippen molar-refractivity contribution < 1.29 is 13.6 Å². The third-order valence-electron chi connectivity index (χ3n) is 4.71. The molecule has 3 heterocycles. The summed E-state index contributed by atoms with van der Waals surface area (Å²) in [4.78, 5) is 21.1. The quantitative estimate of drug-likeness (QED) is 0.834. The first-order valence-corrected chi connectivity index (χ1v) is 8.98. The van der Waals surface area contributed by atoms with Crippen molar-refractivity contribution in [2.24, 2.45) is 0 Å². The van der Waals surface area contributed by atoms with Gasteiger partial charge in [0.25, 0.3) is 0 Å². The van der Waals surface area contributed by atoms with Crippen molar-refractivity contribution in [3.05, 3.63) is 40.9 Å². The van der Waals surface area contributed by atoms with Crippen LogP contribution in [0.15, 0.2) is 23.7 Å². The molecule has 0 saturated carbocycles. The molecule has 2 aromatic rings. The van der Waals surface area contributed by atoms with E-state index in [0.29, 0.717) is 24.2 Å². The van der Waals surface area contributed by atoms with Crippen molar-refractivity contribution >= 4 is 28.1 Å². The molecular formula is C17H17F2N3OS. The Morgan fingerprint density at radius 1 is 1.21 bits per heavy atom. The van der Waals surface area contributed by atoms with Crippen molar-refractivity contribution in [3.8, 4) is 0 Å². The molecule has 0 aliphatic carbocycles. The maximum absolute atomic E-state index is 13.7. The number of carbonyl (C=O) groups is 1. The molecule has 1 aromatic heterocycles. The number of nitrogens with zero attached hydrogens (tertiary/aromatic N) is 3. The standard InChI is InChI=1S/C17H17F2N3OS/c18-12-9-11-3-1-6-21(15(11)10-13(12)19)16(23)14-4-2-7-22(14)17-20-5-8-24-17/h5,8-10,14H,1-4,6-7H2/t14-/m0/s1. The Balaban J connectivity index is 1.65. The average Bonchev–Trinajstić information content (AvgIpc) is 3.25. The fourth-order valence-corrected chi connectivity index (χ4v) is 4.32. The van der Waals surface area contributed by atoms with E-state index in [9.17, 15) is 13.6 Å². The fourth-order valence-electron chi connectivity index (χ4n) is 3.60. The minimum Gasteiger partial charge on any atom is -0.336 e. The number of anilines is 2. The summed E-state index contributed by atoms with van der Waals surface area (Å²) in [7, 11) is 0. The zero-order chi connectivity index (χ0) is 16.7. The Morgan fingerprint density at radius 2 is 2.04 bits per heavy atom. The lowest BCUT2D eigenvalue weighted by Crippen LogP contribution is -2.47. The molecule has 7 heteroatoms. The SMILES string of the molecule is O=C([C@@H]1CCCN1c1nccs1)N1CCCc2cc(F)c(F)cc21. The number of benzene rings is 1. The van der Waals surface area contributed by atoms with Crippen LogP contribution in [-0.2, 0) is 11.2 Å². The minimum absolute atomic E-state index is 0.0466. The lowest BCUT2D eigenvalue weighted by Gasteiger charge is -2.34. The van der Waals surface area contributed by atoms with Gasteiger partial charge in [0.05, 0.1) is 0 Å². The summed E-state index contributed by atoms with van der Waals surface area (Å²) in [5.74, 6) is -1.81. The first kappa shape index (κ1) is 15.5. The van der Waals surface area contributed by atoms with E-state index in [2.05, 4.69) is 4.98 Å². The fraction of sp³-hybridized carbons (Fsp3) is 0.412. The molecule has 1 saturated heterocycles. The molecule has 24 heavy (non-hydrogen) atoms. The van der Waals surface area contributed by atoms with Gasteiger partial charge in [0.15, 0.2) is 16.8 Å². The zero-order valence-corrected chi connectivity index (χ0v) is 13.9. The zero-order valence-electron chi connectivity index (χ0n) is 13.0. The number of aryl methyl sites for hydroxylation is 1. The van der Waals surface area contributed by atoms with Crippen molar-refractivity contribution in [2.75, 3.05) is 22.9 Å². The van der Waals surface area contributed by atoms with Crippen LogP contribution >= 0.6 is 11.3 Å². The van der Waals surface area contributed by atoms with Gasteiger partial charge in [-0.15, -0.1) is 11.3 Å². The van der Waals surface area contributed by atoms with Crippen LogP contribution < -0.4 is 9.80 Å². The van der Waals surface area contributed by atoms with Crippen LogP contribution in [0.2, 0.25) is 0 Å². The van der Waals surface area contributed by atoms with E-state index in [0.717, 1.165) is 37.0 Å². The summed E-state index contributed by atoms with van der Waals surface area (Å²) in [6.45, 7) is 1.33. The molecule has 0 radical (unpaired) electrons. The largest absolute Gasteiger partial charge is 0.336 e. The summed E-state index contributed by atoms with van der Waals surface area (Å²) in [5, 5.41) is 2.73. The summed E-state index contributed by atoms with van der Waals surface area (Å²) in [6.07, 6.45) is 4.83. The normalized spacial score (nSPS) is 20.3. The summed E-state index contributed by atoms with van der Waals surface area (Å²) >= 11 is 1.51. The van der Waals surface area contributed by atoms with Gasteiger partial charge in [-0.2, -0.15) is 0 Å². The van der Waals surface area contributed by atoms with Crippen LogP contribution in [0, 0.1) is 11.6 Å². The summed E-state index contributed by atoms with van der Waals surface area (Å²) in [6, 6.07) is 2.09. The molecule has 0 N–H and O–H groups in total. The number of hydrogen-bond acceptors (Lipinski definition) is 4. The lowest BCUT2D eigenvalue weighted by atomic mass is 10.00. The van der Waals surface area contributed by atoms with E-state index in [-0.39, 0.29) is 11.9 Å². The van der Waals surface area contributed by atoms with Crippen molar-refractivity contribution in [1.82, 2.24) is 4.98 Å². The molecule has 1 atom stereocenters. The Morgan fingerprint density at radius 3 is 2.83 bits per heavy atom. The molecule has 1 amide bonds. The molecular weight excluding hydrogens is 332 g/mol. The van der Waals surface area contributed by atoms with E-state index >= 15 is 0 Å². The van der Waals surface area contributed by atoms with Gasteiger partial charge in [0.1, 0.15) is 6.04 Å². The van der Waals surface area contributed by atoms with Crippen LogP contribution in [0.5, 0.6) is 0 Å². The highest BCUT2D eigenvalue weighted by Gasteiger charge is 2.37. The Bertz CT molecular complexity index is 765. The third-order valence-corrected chi connectivity index (χ3v) is 5.52. The van der Waals surface area contributed by atoms with Gasteiger partial charge in [-0.1, -0.05) is 0 Å². The van der Waals surface area contributed by atoms with Crippen molar-refractivity contribution in [3.63, 3.8) is 0 Å². The predicted molar refractivity (Wildman–Crippen MR) is 89.5 cm³/mol. The van der Waals surface area contributed by atoms with E-state index in [1.165, 1.54) is 17.4 Å². The molecule has 2 aliphatic rings. The highest BCUT2D eigenvalue weighted by atomic mass is 32.1. The van der Waals surface area contributed by atoms with Gasteiger partial charge in [0, 0.05) is 36.4 Å². The number of amides is 1. The molecule has 0 unspecified atom stereocenters. The van der Waals surface area contributed by atoms with Crippen LogP contribution in [0.3, 0.4) is 0 Å². The van der Waals surface area contributed by atoms with Crippen LogP contribution in [0.1, 0.15) is 24.8 Å². The topological polar surface area (TPSA) is 36.4 Å². The van der Waals surface area contributed by atoms with Gasteiger partial charge in [-0.3, -0.25) is 4.79 Å². The van der Waals surface area contributed by atoms with Gasteiger partial charge in [-0.05, 0) is 37.3 Å². The van der Waals surface area contributed by atoms with Crippen molar-refractivity contribution in [1.29, 1.82) is 0 Å². The molecule has 4 rings (SSSR count). The number of rotatable bonds is 2. The monoisotopic (exact) mass is 349 g/mol. The molecule has 1 aromatic carbocycles. The number of aromatic nitrogens is 1. The van der Waals surface area contributed by atoms with Gasteiger partial charge in [0.2, 0.25) is 5.91 Å². The second-order valence-electron chi connectivity index (χ2n) is 6.15. The minimum atomic E-state index is -0.906. The number of fused-ring (bicyclic) bond motifs is 1. The van der Waals surface area contributed by atoms with E-state index in [1.807, 2.05) is 10.3 Å². The third kappa shape index (κ3) is 2.56. The Labute approximate surface area is 142 Å². The maximum Gasteiger partial charge on any atom is 0.249 e. The Kier molecular flexibility index (Phi) is 3.96. The van der Waals surface area contributed by atoms with Crippen LogP contribution in [0.25, 0.3) is 0 Å². The maximum atomic E-state index is 13.7. The highest BCUT2D eigenvalue weighted by molar-refractivity contribution is 7.13. The van der Waals surface area contributed by atoms with E-state index in [4.69, 9.17) is 0 Å². The van der Waals surface area contributed by atoms with Crippen LogP contribution in [-0.4, -0.2) is 30.0 Å². The number of halogens is 2. The average molecular weight is 349 g/mol. The molecule has 4 nitrogen and oxygen atoms in total. The summed E-state index contributed by atoms with van der Waals surface area (Å²) < 4.78 is 27.2. The number of hydrogen-bond donors (Lipinski definition) is 0. The molecule has 0 spiro atoms. The van der Waals surface area contributed by atoms with Gasteiger partial charge >= 0.3 is 0 Å². The first-order chi connectivity index (χ1) is 11.6. The smallest absolute Gasteiger partial charge is 0.249 e. The predicted octanol–water partition coefficient (Wildman–Crippen LogP) is 3.37. The van der Waals surface area contributed by atoms with Crippen molar-refractivity contribution in [2.45, 2.75) is 31.7 Å². The number of carbonyl (C=O) groups excluding carboxylic acids is 1. The number of thiazole rings is 1. The first-order valence-electron chi connectivity index (χ1n) is 8.10.